The van der Waals surface area contributed by atoms with Crippen molar-refractivity contribution in [1.82, 2.24) is 4.90 Å². The summed E-state index contributed by atoms with van der Waals surface area (Å²) >= 11 is 1.82. The summed E-state index contributed by atoms with van der Waals surface area (Å²) in [5.74, 6) is 0.108. The fourth-order valence-corrected chi connectivity index (χ4v) is 5.14. The van der Waals surface area contributed by atoms with Crippen molar-refractivity contribution >= 4 is 40.3 Å². The molecule has 1 aliphatic rings. The molecule has 0 spiro atoms. The van der Waals surface area contributed by atoms with Gasteiger partial charge in [0.1, 0.15) is 0 Å². The molecule has 2 aromatic rings. The maximum atomic E-state index is 14.6. The summed E-state index contributed by atoms with van der Waals surface area (Å²) in [4.78, 5) is 16.6. The molecule has 204 valence electrons. The van der Waals surface area contributed by atoms with E-state index in [2.05, 4.69) is 30.3 Å². The van der Waals surface area contributed by atoms with E-state index in [1.165, 1.54) is 62.3 Å². The van der Waals surface area contributed by atoms with Gasteiger partial charge in [0.15, 0.2) is 11.6 Å². The summed E-state index contributed by atoms with van der Waals surface area (Å²) in [6.07, 6.45) is 14.4. The second-order valence-corrected chi connectivity index (χ2v) is 10.8. The van der Waals surface area contributed by atoms with Gasteiger partial charge in [-0.2, -0.15) is 0 Å². The van der Waals surface area contributed by atoms with Gasteiger partial charge >= 0.3 is 0 Å². The van der Waals surface area contributed by atoms with Gasteiger partial charge in [0.2, 0.25) is 0 Å². The molecule has 0 saturated heterocycles. The number of anilines is 1. The molecule has 0 unspecified atom stereocenters. The summed E-state index contributed by atoms with van der Waals surface area (Å²) in [6.45, 7) is 5.54. The number of carbonyl (C=O) groups excluding carboxylic acids is 1. The van der Waals surface area contributed by atoms with Crippen molar-refractivity contribution < 1.29 is 13.9 Å². The standard InChI is InChI=1S/C30H41FN2O2S.BrH/c1-3-4-5-6-7-8-9-10-11-12-19-35-29-27(17-14-18-28(29)31)30(34)32-26-16-13-15-25(20-26)22-33-21-24(2)36-23-33;/h13-18,20-21H,3-12,19,22-23H2,1-2H3,(H,32,34);1H. The number of unbranched alkanes of at least 4 members (excludes halogenated alkanes) is 9. The van der Waals surface area contributed by atoms with Crippen LogP contribution in [0.25, 0.3) is 0 Å². The summed E-state index contributed by atoms with van der Waals surface area (Å²) < 4.78 is 20.3. The van der Waals surface area contributed by atoms with Gasteiger partial charge in [-0.05, 0) is 48.1 Å². The molecule has 0 atom stereocenters. The second-order valence-electron chi connectivity index (χ2n) is 9.56. The minimum Gasteiger partial charge on any atom is -0.490 e. The molecule has 0 aromatic heterocycles. The number of nitrogens with one attached hydrogen (secondary N) is 1. The molecular weight excluding hydrogens is 551 g/mol. The van der Waals surface area contributed by atoms with E-state index in [1.807, 2.05) is 36.0 Å². The number of rotatable bonds is 16. The maximum absolute atomic E-state index is 14.6. The molecule has 7 heteroatoms. The van der Waals surface area contributed by atoms with Crippen molar-refractivity contribution in [2.75, 3.05) is 17.8 Å². The normalized spacial score (nSPS) is 12.7. The van der Waals surface area contributed by atoms with Crippen molar-refractivity contribution in [2.45, 2.75) is 84.6 Å². The third-order valence-corrected chi connectivity index (χ3v) is 7.37. The maximum Gasteiger partial charge on any atom is 0.259 e. The molecule has 0 saturated carbocycles. The molecule has 1 N–H and O–H groups in total. The van der Waals surface area contributed by atoms with Crippen molar-refractivity contribution in [2.24, 2.45) is 0 Å². The van der Waals surface area contributed by atoms with Gasteiger partial charge in [-0.3, -0.25) is 4.79 Å². The van der Waals surface area contributed by atoms with Crippen LogP contribution < -0.4 is 10.1 Å². The van der Waals surface area contributed by atoms with E-state index in [4.69, 9.17) is 4.74 Å². The van der Waals surface area contributed by atoms with Gasteiger partial charge in [-0.1, -0.05) is 82.9 Å². The highest BCUT2D eigenvalue weighted by Crippen LogP contribution is 2.27. The lowest BCUT2D eigenvalue weighted by atomic mass is 10.1. The zero-order valence-corrected chi connectivity index (χ0v) is 24.8. The largest absolute Gasteiger partial charge is 0.490 e. The van der Waals surface area contributed by atoms with E-state index in [-0.39, 0.29) is 34.2 Å². The van der Waals surface area contributed by atoms with Crippen LogP contribution in [0.5, 0.6) is 5.75 Å². The molecule has 0 radical (unpaired) electrons. The molecule has 0 fully saturated rings. The summed E-state index contributed by atoms with van der Waals surface area (Å²) in [5, 5.41) is 2.92. The van der Waals surface area contributed by atoms with Crippen LogP contribution in [-0.2, 0) is 6.54 Å². The van der Waals surface area contributed by atoms with E-state index in [9.17, 15) is 9.18 Å². The van der Waals surface area contributed by atoms with Crippen LogP contribution in [0, 0.1) is 5.82 Å². The number of amides is 1. The van der Waals surface area contributed by atoms with Gasteiger partial charge in [0.25, 0.3) is 5.91 Å². The highest BCUT2D eigenvalue weighted by atomic mass is 79.9. The molecular formula is C30H42BrFN2O2S. The predicted octanol–water partition coefficient (Wildman–Crippen LogP) is 9.32. The molecule has 0 bridgehead atoms. The Hall–Kier alpha value is -1.99. The average molecular weight is 594 g/mol. The van der Waals surface area contributed by atoms with Crippen LogP contribution in [-0.4, -0.2) is 23.3 Å². The molecule has 4 nitrogen and oxygen atoms in total. The molecule has 0 aliphatic carbocycles. The Morgan fingerprint density at radius 1 is 1.00 bits per heavy atom. The van der Waals surface area contributed by atoms with E-state index in [1.54, 1.807) is 12.1 Å². The zero-order chi connectivity index (χ0) is 25.6. The number of carbonyl (C=O) groups is 1. The Morgan fingerprint density at radius 3 is 2.35 bits per heavy atom. The molecule has 37 heavy (non-hydrogen) atoms. The Labute approximate surface area is 237 Å². The van der Waals surface area contributed by atoms with Gasteiger partial charge in [-0.25, -0.2) is 4.39 Å². The first-order chi connectivity index (χ1) is 17.6. The van der Waals surface area contributed by atoms with Crippen LogP contribution in [0.2, 0.25) is 0 Å². The van der Waals surface area contributed by atoms with Crippen molar-refractivity contribution in [1.29, 1.82) is 0 Å². The molecule has 1 heterocycles. The van der Waals surface area contributed by atoms with Crippen LogP contribution >= 0.6 is 28.7 Å². The number of ether oxygens (including phenoxy) is 1. The third kappa shape index (κ3) is 11.1. The molecule has 1 aliphatic heterocycles. The topological polar surface area (TPSA) is 41.6 Å². The number of nitrogens with zero attached hydrogens (tertiary/aromatic N) is 1. The van der Waals surface area contributed by atoms with E-state index in [0.717, 1.165) is 30.8 Å². The lowest BCUT2D eigenvalue weighted by Gasteiger charge is -2.16. The van der Waals surface area contributed by atoms with E-state index < -0.39 is 5.82 Å². The molecule has 3 rings (SSSR count). The third-order valence-electron chi connectivity index (χ3n) is 6.35. The molecule has 1 amide bonds. The zero-order valence-electron chi connectivity index (χ0n) is 22.3. The summed E-state index contributed by atoms with van der Waals surface area (Å²) in [7, 11) is 0. The summed E-state index contributed by atoms with van der Waals surface area (Å²) in [5.41, 5.74) is 2.02. The predicted molar refractivity (Wildman–Crippen MR) is 160 cm³/mol. The monoisotopic (exact) mass is 592 g/mol. The smallest absolute Gasteiger partial charge is 0.259 e. The first kappa shape index (κ1) is 31.2. The Balaban J connectivity index is 0.00000481. The van der Waals surface area contributed by atoms with Crippen molar-refractivity contribution in [3.8, 4) is 5.75 Å². The van der Waals surface area contributed by atoms with Crippen molar-refractivity contribution in [3.05, 3.63) is 70.5 Å². The Kier molecular flexibility index (Phi) is 14.8. The Bertz CT molecular complexity index is 1000. The molecule has 2 aromatic carbocycles. The van der Waals surface area contributed by atoms with Crippen molar-refractivity contribution in [3.63, 3.8) is 0 Å². The minimum absolute atomic E-state index is 0. The fourth-order valence-electron chi connectivity index (χ4n) is 4.39. The first-order valence-corrected chi connectivity index (χ1v) is 14.4. The highest BCUT2D eigenvalue weighted by Gasteiger charge is 2.17. The van der Waals surface area contributed by atoms with E-state index in [0.29, 0.717) is 12.3 Å². The van der Waals surface area contributed by atoms with Gasteiger partial charge in [-0.15, -0.1) is 28.7 Å². The second kappa shape index (κ2) is 17.5. The number of thioether (sulfide) groups is 1. The number of allylic oxidation sites excluding steroid dienone is 1. The number of halogens is 2. The lowest BCUT2D eigenvalue weighted by Crippen LogP contribution is -2.16. The van der Waals surface area contributed by atoms with Crippen LogP contribution in [0.1, 0.15) is 94.0 Å². The average Bonchev–Trinajstić information content (AvgIpc) is 3.27. The summed E-state index contributed by atoms with van der Waals surface area (Å²) in [6, 6.07) is 12.3. The first-order valence-electron chi connectivity index (χ1n) is 13.4. The number of hydrogen-bond acceptors (Lipinski definition) is 4. The van der Waals surface area contributed by atoms with Gasteiger partial charge in [0, 0.05) is 18.4 Å². The minimum atomic E-state index is -0.503. The van der Waals surface area contributed by atoms with Gasteiger partial charge < -0.3 is 15.0 Å². The van der Waals surface area contributed by atoms with E-state index >= 15 is 0 Å². The Morgan fingerprint density at radius 2 is 1.68 bits per heavy atom. The van der Waals surface area contributed by atoms with Crippen LogP contribution in [0.15, 0.2) is 53.6 Å². The quantitative estimate of drug-likeness (QED) is 0.197. The fraction of sp³-hybridized carbons (Fsp3) is 0.500. The number of para-hydroxylation sites is 1. The SMILES string of the molecule is Br.CCCCCCCCCCCCOc1c(F)cccc1C(=O)Nc1cccc(CN2C=C(C)SC2)c1. The highest BCUT2D eigenvalue weighted by molar-refractivity contribution is 8.93. The van der Waals surface area contributed by atoms with Crippen LogP contribution in [0.3, 0.4) is 0 Å². The van der Waals surface area contributed by atoms with Crippen LogP contribution in [0.4, 0.5) is 10.1 Å². The van der Waals surface area contributed by atoms with Gasteiger partial charge in [0.05, 0.1) is 18.0 Å². The lowest BCUT2D eigenvalue weighted by molar-refractivity contribution is 0.102. The number of benzene rings is 2. The number of hydrogen-bond donors (Lipinski definition) is 1.